The Kier molecular flexibility index (Phi) is 10.8. The molecule has 3 amide bonds. The van der Waals surface area contributed by atoms with Gasteiger partial charge in [-0.3, -0.25) is 14.4 Å². The second-order valence-corrected chi connectivity index (χ2v) is 13.1. The second kappa shape index (κ2) is 14.1. The third kappa shape index (κ3) is 5.74. The van der Waals surface area contributed by atoms with E-state index in [0.717, 1.165) is 37.1 Å². The Labute approximate surface area is 255 Å². The quantitative estimate of drug-likeness (QED) is 0.220. The van der Waals surface area contributed by atoms with Crippen molar-refractivity contribution in [3.8, 4) is 5.75 Å². The molecule has 1 aromatic rings. The zero-order valence-electron chi connectivity index (χ0n) is 25.4. The monoisotopic (exact) mass is 597 g/mol. The second-order valence-electron chi connectivity index (χ2n) is 11.5. The van der Waals surface area contributed by atoms with Gasteiger partial charge in [-0.15, -0.1) is 24.9 Å². The lowest BCUT2D eigenvalue weighted by Crippen LogP contribution is -2.57. The van der Waals surface area contributed by atoms with Crippen LogP contribution in [0.3, 0.4) is 0 Å². The van der Waals surface area contributed by atoms with Gasteiger partial charge >= 0.3 is 0 Å². The van der Waals surface area contributed by atoms with Crippen molar-refractivity contribution in [2.75, 3.05) is 37.7 Å². The normalized spacial score (nSPS) is 26.6. The molecule has 3 heterocycles. The highest BCUT2D eigenvalue weighted by Gasteiger charge is 2.74. The molecule has 230 valence electrons. The Morgan fingerprint density at radius 1 is 1.14 bits per heavy atom. The number of thioether (sulfide) groups is 1. The van der Waals surface area contributed by atoms with Gasteiger partial charge in [-0.05, 0) is 56.9 Å². The van der Waals surface area contributed by atoms with E-state index >= 15 is 0 Å². The summed E-state index contributed by atoms with van der Waals surface area (Å²) in [6, 6.07) is 6.20. The van der Waals surface area contributed by atoms with Crippen LogP contribution in [0.1, 0.15) is 59.3 Å². The average molecular weight is 598 g/mol. The van der Waals surface area contributed by atoms with E-state index in [2.05, 4.69) is 20.1 Å². The first-order chi connectivity index (χ1) is 20.3. The number of aliphatic hydroxyl groups is 1. The molecule has 0 saturated carbocycles. The number of benzene rings is 1. The number of likely N-dealkylation sites (tertiary alicyclic amines) is 1. The molecule has 1 spiro atoms. The van der Waals surface area contributed by atoms with Crippen molar-refractivity contribution in [1.82, 2.24) is 9.80 Å². The van der Waals surface area contributed by atoms with Gasteiger partial charge in [0.1, 0.15) is 11.8 Å². The Morgan fingerprint density at radius 2 is 1.86 bits per heavy atom. The maximum atomic E-state index is 14.4. The standard InChI is InChI=1S/C33H47N3O5S/c1-6-11-12-21-34(19-7-2)32(40)29-33-18-17-26(42-33)27(28(33)31(39)36(29)23(9-4)22-37)30(38)35(20-8-3)24-13-15-25(16-14-24)41-10-5/h7-8,13-16,23,26-29,37H,2-3,6,9-12,17-22H2,1,4-5H3/t23-,26+,27-,28-,29?,33?/m0/s1. The van der Waals surface area contributed by atoms with Crippen molar-refractivity contribution in [2.45, 2.75) is 81.4 Å². The van der Waals surface area contributed by atoms with Gasteiger partial charge in [0, 0.05) is 30.6 Å². The summed E-state index contributed by atoms with van der Waals surface area (Å²) in [5.74, 6) is -0.856. The number of unbranched alkanes of at least 4 members (excludes halogenated alkanes) is 2. The molecular weight excluding hydrogens is 550 g/mol. The van der Waals surface area contributed by atoms with E-state index < -0.39 is 28.7 Å². The molecule has 0 radical (unpaired) electrons. The highest BCUT2D eigenvalue weighted by Crippen LogP contribution is 2.67. The maximum absolute atomic E-state index is 14.4. The molecule has 0 aliphatic carbocycles. The van der Waals surface area contributed by atoms with E-state index in [-0.39, 0.29) is 29.6 Å². The number of nitrogens with zero attached hydrogens (tertiary/aromatic N) is 3. The summed E-state index contributed by atoms with van der Waals surface area (Å²) >= 11 is 1.66. The first-order valence-electron chi connectivity index (χ1n) is 15.5. The summed E-state index contributed by atoms with van der Waals surface area (Å²) in [6.07, 6.45) is 8.33. The summed E-state index contributed by atoms with van der Waals surface area (Å²) < 4.78 is 4.88. The highest BCUT2D eigenvalue weighted by atomic mass is 32.2. The SMILES string of the molecule is C=CCN(CCCCC)C(=O)C1N([C@@H](CC)CO)C(=O)[C@@H]2[C@@H](C(=O)N(CC=C)c3ccc(OCC)cc3)[C@H]3CCC12S3. The van der Waals surface area contributed by atoms with E-state index in [4.69, 9.17) is 4.74 Å². The third-order valence-corrected chi connectivity index (χ3v) is 11.0. The molecule has 2 bridgehead atoms. The zero-order valence-corrected chi connectivity index (χ0v) is 26.2. The van der Waals surface area contributed by atoms with E-state index in [0.29, 0.717) is 39.1 Å². The first-order valence-corrected chi connectivity index (χ1v) is 16.4. The Morgan fingerprint density at radius 3 is 2.45 bits per heavy atom. The summed E-state index contributed by atoms with van der Waals surface area (Å²) in [5, 5.41) is 10.3. The van der Waals surface area contributed by atoms with Gasteiger partial charge in [0.05, 0.1) is 35.8 Å². The van der Waals surface area contributed by atoms with Crippen LogP contribution in [-0.4, -0.2) is 87.6 Å². The lowest BCUT2D eigenvalue weighted by molar-refractivity contribution is -0.145. The lowest BCUT2D eigenvalue weighted by Gasteiger charge is -2.39. The fraction of sp³-hybridized carbons (Fsp3) is 0.606. The van der Waals surface area contributed by atoms with Crippen molar-refractivity contribution in [2.24, 2.45) is 11.8 Å². The predicted octanol–water partition coefficient (Wildman–Crippen LogP) is 4.67. The van der Waals surface area contributed by atoms with Crippen molar-refractivity contribution in [3.05, 3.63) is 49.6 Å². The zero-order chi connectivity index (χ0) is 30.4. The van der Waals surface area contributed by atoms with Crippen molar-refractivity contribution >= 4 is 35.2 Å². The van der Waals surface area contributed by atoms with Gasteiger partial charge in [0.15, 0.2) is 0 Å². The Hall–Kier alpha value is -2.78. The van der Waals surface area contributed by atoms with Crippen molar-refractivity contribution in [3.63, 3.8) is 0 Å². The van der Waals surface area contributed by atoms with E-state index in [9.17, 15) is 19.5 Å². The average Bonchev–Trinajstić information content (AvgIpc) is 3.64. The number of carbonyl (C=O) groups excluding carboxylic acids is 3. The number of rotatable bonds is 16. The summed E-state index contributed by atoms with van der Waals surface area (Å²) in [4.78, 5) is 48.5. The molecule has 6 atom stereocenters. The van der Waals surface area contributed by atoms with Crippen LogP contribution in [0.15, 0.2) is 49.6 Å². The third-order valence-electron chi connectivity index (χ3n) is 9.06. The Bertz CT molecular complexity index is 1140. The van der Waals surface area contributed by atoms with Crippen LogP contribution in [0.5, 0.6) is 5.75 Å². The molecule has 1 N–H and O–H groups in total. The minimum Gasteiger partial charge on any atom is -0.494 e. The smallest absolute Gasteiger partial charge is 0.247 e. The van der Waals surface area contributed by atoms with E-state index in [1.165, 1.54) is 0 Å². The number of aliphatic hydroxyl groups excluding tert-OH is 1. The van der Waals surface area contributed by atoms with Crippen LogP contribution in [0.4, 0.5) is 5.69 Å². The maximum Gasteiger partial charge on any atom is 0.247 e. The molecule has 4 rings (SSSR count). The summed E-state index contributed by atoms with van der Waals surface area (Å²) in [7, 11) is 0. The van der Waals surface area contributed by atoms with E-state index in [1.807, 2.05) is 43.0 Å². The fourth-order valence-electron chi connectivity index (χ4n) is 7.15. The predicted molar refractivity (Wildman–Crippen MR) is 169 cm³/mol. The van der Waals surface area contributed by atoms with Crippen molar-refractivity contribution in [1.29, 1.82) is 0 Å². The lowest BCUT2D eigenvalue weighted by atomic mass is 9.70. The van der Waals surface area contributed by atoms with Gasteiger partial charge in [-0.2, -0.15) is 0 Å². The molecule has 0 aromatic heterocycles. The molecular formula is C33H47N3O5S. The number of anilines is 1. The van der Waals surface area contributed by atoms with Gasteiger partial charge in [-0.1, -0.05) is 38.8 Å². The van der Waals surface area contributed by atoms with Crippen LogP contribution in [-0.2, 0) is 14.4 Å². The van der Waals surface area contributed by atoms with Gasteiger partial charge < -0.3 is 24.5 Å². The molecule has 3 aliphatic rings. The van der Waals surface area contributed by atoms with Gasteiger partial charge in [0.2, 0.25) is 17.7 Å². The minimum absolute atomic E-state index is 0.0546. The molecule has 3 aliphatic heterocycles. The highest BCUT2D eigenvalue weighted by molar-refractivity contribution is 8.02. The summed E-state index contributed by atoms with van der Waals surface area (Å²) in [5.41, 5.74) is 0.718. The number of hydrogen-bond donors (Lipinski definition) is 1. The number of hydrogen-bond acceptors (Lipinski definition) is 6. The first kappa shape index (κ1) is 32.1. The number of carbonyl (C=O) groups is 3. The van der Waals surface area contributed by atoms with Crippen LogP contribution in [0, 0.1) is 11.8 Å². The van der Waals surface area contributed by atoms with Crippen LogP contribution in [0.2, 0.25) is 0 Å². The topological polar surface area (TPSA) is 90.4 Å². The molecule has 8 nitrogen and oxygen atoms in total. The molecule has 9 heteroatoms. The molecule has 42 heavy (non-hydrogen) atoms. The van der Waals surface area contributed by atoms with Crippen molar-refractivity contribution < 1.29 is 24.2 Å². The number of ether oxygens (including phenoxy) is 1. The molecule has 3 fully saturated rings. The Balaban J connectivity index is 1.72. The van der Waals surface area contributed by atoms with E-state index in [1.54, 1.807) is 33.7 Å². The van der Waals surface area contributed by atoms with Crippen LogP contribution < -0.4 is 9.64 Å². The fourth-order valence-corrected chi connectivity index (χ4v) is 9.35. The largest absolute Gasteiger partial charge is 0.494 e. The minimum atomic E-state index is -0.722. The summed E-state index contributed by atoms with van der Waals surface area (Å²) in [6.45, 7) is 15.4. The molecule has 3 saturated heterocycles. The van der Waals surface area contributed by atoms with Gasteiger partial charge in [-0.25, -0.2) is 0 Å². The van der Waals surface area contributed by atoms with Crippen LogP contribution in [0.25, 0.3) is 0 Å². The number of amides is 3. The molecule has 2 unspecified atom stereocenters. The number of fused-ring (bicyclic) bond motifs is 1. The molecule has 1 aromatic carbocycles. The van der Waals surface area contributed by atoms with Gasteiger partial charge in [0.25, 0.3) is 0 Å². The van der Waals surface area contributed by atoms with Crippen LogP contribution >= 0.6 is 11.8 Å².